The van der Waals surface area contributed by atoms with Crippen LogP contribution in [-0.2, 0) is 11.2 Å². The Morgan fingerprint density at radius 2 is 1.39 bits per heavy atom. The van der Waals surface area contributed by atoms with Gasteiger partial charge in [0.25, 0.3) is 0 Å². The molecule has 0 bridgehead atoms. The monoisotopic (exact) mass is 416 g/mol. The largest absolute Gasteiger partial charge is 0.494 e. The van der Waals surface area contributed by atoms with Crippen molar-refractivity contribution in [3.05, 3.63) is 90.5 Å². The first-order valence-electron chi connectivity index (χ1n) is 10.9. The summed E-state index contributed by atoms with van der Waals surface area (Å²) in [7, 11) is 4.12. The minimum absolute atomic E-state index is 0.0989. The van der Waals surface area contributed by atoms with Crippen molar-refractivity contribution < 1.29 is 9.53 Å². The van der Waals surface area contributed by atoms with Gasteiger partial charge in [0.1, 0.15) is 5.75 Å². The first-order valence-corrected chi connectivity index (χ1v) is 10.9. The Labute approximate surface area is 186 Å². The van der Waals surface area contributed by atoms with Gasteiger partial charge in [-0.15, -0.1) is 0 Å². The summed E-state index contributed by atoms with van der Waals surface area (Å²) in [6.07, 6.45) is 3.19. The number of para-hydroxylation sites is 1. The van der Waals surface area contributed by atoms with E-state index in [1.165, 1.54) is 5.56 Å². The minimum atomic E-state index is 0.0989. The number of ether oxygens (including phenoxy) is 1. The maximum atomic E-state index is 13.2. The molecule has 0 spiro atoms. The van der Waals surface area contributed by atoms with Crippen molar-refractivity contribution in [1.29, 1.82) is 0 Å². The number of nitrogens with zero attached hydrogens (tertiary/aromatic N) is 2. The number of carbonyl (C=O) groups is 1. The lowest BCUT2D eigenvalue weighted by molar-refractivity contribution is -0.118. The number of carbonyl (C=O) groups excluding carboxylic acids is 1. The molecule has 0 saturated heterocycles. The standard InChI is InChI=1S/C27H32N2O2/c1-28(2)21-10-22-31-26-19-17-25(18-20-26)29(24-14-7-4-8-15-24)27(30)16-9-13-23-11-5-3-6-12-23/h3-8,11-12,14-15,17-20H,9-10,13,16,21-22H2,1-2H3. The first-order chi connectivity index (χ1) is 15.1. The first kappa shape index (κ1) is 22.6. The van der Waals surface area contributed by atoms with Crippen molar-refractivity contribution in [3.8, 4) is 5.75 Å². The lowest BCUT2D eigenvalue weighted by atomic mass is 10.1. The normalized spacial score (nSPS) is 10.8. The van der Waals surface area contributed by atoms with E-state index in [1.54, 1.807) is 4.90 Å². The van der Waals surface area contributed by atoms with E-state index in [4.69, 9.17) is 4.74 Å². The second-order valence-corrected chi connectivity index (χ2v) is 7.90. The second kappa shape index (κ2) is 11.9. The fourth-order valence-electron chi connectivity index (χ4n) is 3.48. The molecule has 4 heteroatoms. The smallest absolute Gasteiger partial charge is 0.231 e. The molecule has 0 radical (unpaired) electrons. The molecule has 0 fully saturated rings. The Morgan fingerprint density at radius 1 is 0.774 bits per heavy atom. The maximum Gasteiger partial charge on any atom is 0.231 e. The maximum absolute atomic E-state index is 13.2. The quantitative estimate of drug-likeness (QED) is 0.376. The highest BCUT2D eigenvalue weighted by Crippen LogP contribution is 2.28. The Kier molecular flexibility index (Phi) is 8.68. The van der Waals surface area contributed by atoms with Gasteiger partial charge in [-0.1, -0.05) is 48.5 Å². The molecule has 0 N–H and O–H groups in total. The van der Waals surface area contributed by atoms with Crippen LogP contribution >= 0.6 is 0 Å². The van der Waals surface area contributed by atoms with E-state index in [0.717, 1.165) is 42.9 Å². The molecule has 0 saturated carbocycles. The Morgan fingerprint density at radius 3 is 2.03 bits per heavy atom. The molecule has 0 atom stereocenters. The molecule has 0 aliphatic rings. The van der Waals surface area contributed by atoms with E-state index >= 15 is 0 Å². The third-order valence-corrected chi connectivity index (χ3v) is 5.08. The molecule has 0 aliphatic heterocycles. The van der Waals surface area contributed by atoms with Gasteiger partial charge in [-0.05, 0) is 75.3 Å². The van der Waals surface area contributed by atoms with Crippen LogP contribution in [0.3, 0.4) is 0 Å². The highest BCUT2D eigenvalue weighted by molar-refractivity contribution is 6.00. The van der Waals surface area contributed by atoms with Crippen molar-refractivity contribution in [1.82, 2.24) is 4.90 Å². The SMILES string of the molecule is CN(C)CCCOc1ccc(N(C(=O)CCCc2ccccc2)c2ccccc2)cc1. The van der Waals surface area contributed by atoms with E-state index in [0.29, 0.717) is 13.0 Å². The van der Waals surface area contributed by atoms with Gasteiger partial charge >= 0.3 is 0 Å². The Hall–Kier alpha value is -3.11. The number of anilines is 2. The third kappa shape index (κ3) is 7.26. The molecule has 31 heavy (non-hydrogen) atoms. The number of amides is 1. The predicted molar refractivity (Wildman–Crippen MR) is 128 cm³/mol. The number of benzene rings is 3. The zero-order valence-electron chi connectivity index (χ0n) is 18.5. The summed E-state index contributed by atoms with van der Waals surface area (Å²) in [6.45, 7) is 1.68. The van der Waals surface area contributed by atoms with E-state index in [1.807, 2.05) is 72.8 Å². The number of hydrogen-bond acceptors (Lipinski definition) is 3. The van der Waals surface area contributed by atoms with Crippen LogP contribution in [-0.4, -0.2) is 38.1 Å². The van der Waals surface area contributed by atoms with E-state index in [2.05, 4.69) is 31.1 Å². The molecular weight excluding hydrogens is 384 g/mol. The van der Waals surface area contributed by atoms with E-state index in [9.17, 15) is 4.79 Å². The average Bonchev–Trinajstić information content (AvgIpc) is 2.79. The van der Waals surface area contributed by atoms with Gasteiger partial charge in [0.2, 0.25) is 5.91 Å². The predicted octanol–water partition coefficient (Wildman–Crippen LogP) is 5.70. The van der Waals surface area contributed by atoms with Gasteiger partial charge in [0.15, 0.2) is 0 Å². The van der Waals surface area contributed by atoms with Gasteiger partial charge in [-0.2, -0.15) is 0 Å². The number of aryl methyl sites for hydroxylation is 1. The molecule has 0 unspecified atom stereocenters. The Balaban J connectivity index is 1.65. The summed E-state index contributed by atoms with van der Waals surface area (Å²) < 4.78 is 5.84. The van der Waals surface area contributed by atoms with Crippen LogP contribution in [0.1, 0.15) is 24.8 Å². The molecule has 0 aromatic heterocycles. The molecule has 4 nitrogen and oxygen atoms in total. The molecular formula is C27H32N2O2. The lowest BCUT2D eigenvalue weighted by Gasteiger charge is -2.23. The Bertz CT molecular complexity index is 909. The van der Waals surface area contributed by atoms with E-state index in [-0.39, 0.29) is 5.91 Å². The molecule has 3 rings (SSSR count). The van der Waals surface area contributed by atoms with Crippen LogP contribution in [0.15, 0.2) is 84.9 Å². The van der Waals surface area contributed by atoms with Gasteiger partial charge in [-0.3, -0.25) is 9.69 Å². The van der Waals surface area contributed by atoms with Crippen LogP contribution in [0, 0.1) is 0 Å². The van der Waals surface area contributed by atoms with Crippen LogP contribution < -0.4 is 9.64 Å². The van der Waals surface area contributed by atoms with Crippen molar-refractivity contribution in [2.45, 2.75) is 25.7 Å². The fourth-order valence-corrected chi connectivity index (χ4v) is 3.48. The molecule has 1 amide bonds. The third-order valence-electron chi connectivity index (χ3n) is 5.08. The summed E-state index contributed by atoms with van der Waals surface area (Å²) in [6, 6.07) is 27.9. The van der Waals surface area contributed by atoms with Crippen LogP contribution in [0.25, 0.3) is 0 Å². The van der Waals surface area contributed by atoms with Crippen molar-refractivity contribution in [3.63, 3.8) is 0 Å². The van der Waals surface area contributed by atoms with E-state index < -0.39 is 0 Å². The van der Waals surface area contributed by atoms with Gasteiger partial charge < -0.3 is 9.64 Å². The molecule has 0 aliphatic carbocycles. The zero-order valence-corrected chi connectivity index (χ0v) is 18.5. The summed E-state index contributed by atoms with van der Waals surface area (Å²) in [5.41, 5.74) is 3.00. The molecule has 3 aromatic carbocycles. The van der Waals surface area contributed by atoms with Crippen molar-refractivity contribution >= 4 is 17.3 Å². The van der Waals surface area contributed by atoms with Crippen molar-refractivity contribution in [2.75, 3.05) is 32.1 Å². The van der Waals surface area contributed by atoms with Gasteiger partial charge in [0.05, 0.1) is 6.61 Å². The lowest BCUT2D eigenvalue weighted by Crippen LogP contribution is -2.25. The zero-order chi connectivity index (χ0) is 21.9. The highest BCUT2D eigenvalue weighted by Gasteiger charge is 2.17. The van der Waals surface area contributed by atoms with Gasteiger partial charge in [-0.25, -0.2) is 0 Å². The summed E-state index contributed by atoms with van der Waals surface area (Å²) in [5, 5.41) is 0. The fraction of sp³-hybridized carbons (Fsp3) is 0.296. The molecule has 3 aromatic rings. The minimum Gasteiger partial charge on any atom is -0.494 e. The van der Waals surface area contributed by atoms with Gasteiger partial charge in [0, 0.05) is 24.3 Å². The van der Waals surface area contributed by atoms with Crippen LogP contribution in [0.4, 0.5) is 11.4 Å². The number of rotatable bonds is 11. The van der Waals surface area contributed by atoms with Crippen LogP contribution in [0.5, 0.6) is 5.75 Å². The van der Waals surface area contributed by atoms with Crippen molar-refractivity contribution in [2.24, 2.45) is 0 Å². The summed E-state index contributed by atoms with van der Waals surface area (Å²) >= 11 is 0. The topological polar surface area (TPSA) is 32.8 Å². The molecule has 0 heterocycles. The average molecular weight is 417 g/mol. The van der Waals surface area contributed by atoms with Crippen LogP contribution in [0.2, 0.25) is 0 Å². The highest BCUT2D eigenvalue weighted by atomic mass is 16.5. The number of hydrogen-bond donors (Lipinski definition) is 0. The molecule has 162 valence electrons. The summed E-state index contributed by atoms with van der Waals surface area (Å²) in [5.74, 6) is 0.925. The summed E-state index contributed by atoms with van der Waals surface area (Å²) in [4.78, 5) is 17.1. The second-order valence-electron chi connectivity index (χ2n) is 7.90.